The fourth-order valence-electron chi connectivity index (χ4n) is 2.34. The van der Waals surface area contributed by atoms with Gasteiger partial charge in [-0.3, -0.25) is 0 Å². The lowest BCUT2D eigenvalue weighted by molar-refractivity contribution is 0.414. The summed E-state index contributed by atoms with van der Waals surface area (Å²) in [5.41, 5.74) is 3.06. The van der Waals surface area contributed by atoms with Crippen molar-refractivity contribution in [2.45, 2.75) is 12.4 Å². The van der Waals surface area contributed by atoms with Gasteiger partial charge in [-0.2, -0.15) is 0 Å². The molecule has 0 aliphatic rings. The standard InChI is InChI=1S/C16H14Cl2N2O/c1-21-13-5-2-11(3-6-13)10-20-15-7-4-12(18)8-14(15)19-16(20)9-17/h2-8H,9-10H2,1H3. The van der Waals surface area contributed by atoms with Crippen LogP contribution in [0.3, 0.4) is 0 Å². The van der Waals surface area contributed by atoms with Crippen molar-refractivity contribution in [2.75, 3.05) is 7.11 Å². The van der Waals surface area contributed by atoms with E-state index in [2.05, 4.69) is 9.55 Å². The maximum atomic E-state index is 6.02. The molecule has 0 aliphatic heterocycles. The average molecular weight is 321 g/mol. The summed E-state index contributed by atoms with van der Waals surface area (Å²) in [6.45, 7) is 0.712. The van der Waals surface area contributed by atoms with Crippen LogP contribution in [0.25, 0.3) is 11.0 Å². The monoisotopic (exact) mass is 320 g/mol. The lowest BCUT2D eigenvalue weighted by atomic mass is 10.2. The summed E-state index contributed by atoms with van der Waals surface area (Å²) in [4.78, 5) is 4.54. The van der Waals surface area contributed by atoms with Crippen LogP contribution in [-0.2, 0) is 12.4 Å². The Kier molecular flexibility index (Phi) is 4.04. The van der Waals surface area contributed by atoms with Crippen LogP contribution in [0.2, 0.25) is 5.02 Å². The minimum absolute atomic E-state index is 0.364. The highest BCUT2D eigenvalue weighted by molar-refractivity contribution is 6.31. The molecule has 0 saturated heterocycles. The number of imidazole rings is 1. The van der Waals surface area contributed by atoms with Gasteiger partial charge in [-0.05, 0) is 35.9 Å². The normalized spacial score (nSPS) is 11.0. The topological polar surface area (TPSA) is 27.1 Å². The average Bonchev–Trinajstić information content (AvgIpc) is 2.85. The number of alkyl halides is 1. The molecule has 1 heterocycles. The van der Waals surface area contributed by atoms with Gasteiger partial charge in [-0.25, -0.2) is 4.98 Å². The van der Waals surface area contributed by atoms with E-state index in [0.717, 1.165) is 28.2 Å². The molecule has 2 aromatic carbocycles. The van der Waals surface area contributed by atoms with Crippen molar-refractivity contribution in [3.05, 3.63) is 58.9 Å². The molecule has 5 heteroatoms. The van der Waals surface area contributed by atoms with Crippen LogP contribution in [0.4, 0.5) is 0 Å². The quantitative estimate of drug-likeness (QED) is 0.662. The Balaban J connectivity index is 2.01. The molecular formula is C16H14Cl2N2O. The molecule has 0 amide bonds. The molecular weight excluding hydrogens is 307 g/mol. The van der Waals surface area contributed by atoms with Gasteiger partial charge in [0.25, 0.3) is 0 Å². The van der Waals surface area contributed by atoms with Crippen molar-refractivity contribution in [1.29, 1.82) is 0 Å². The second-order valence-corrected chi connectivity index (χ2v) is 5.43. The summed E-state index contributed by atoms with van der Waals surface area (Å²) in [7, 11) is 1.66. The van der Waals surface area contributed by atoms with Gasteiger partial charge >= 0.3 is 0 Å². The van der Waals surface area contributed by atoms with E-state index in [1.54, 1.807) is 7.11 Å². The third-order valence-corrected chi connectivity index (χ3v) is 3.88. The molecule has 3 rings (SSSR count). The van der Waals surface area contributed by atoms with Crippen LogP contribution >= 0.6 is 23.2 Å². The number of fused-ring (bicyclic) bond motifs is 1. The second kappa shape index (κ2) is 5.96. The van der Waals surface area contributed by atoms with Crippen molar-refractivity contribution in [3.63, 3.8) is 0 Å². The molecule has 0 spiro atoms. The lowest BCUT2D eigenvalue weighted by Crippen LogP contribution is -2.03. The first-order chi connectivity index (χ1) is 10.2. The zero-order valence-corrected chi connectivity index (χ0v) is 13.0. The Labute approximate surface area is 133 Å². The number of nitrogens with zero attached hydrogens (tertiary/aromatic N) is 2. The van der Waals surface area contributed by atoms with Crippen molar-refractivity contribution >= 4 is 34.2 Å². The van der Waals surface area contributed by atoms with Crippen molar-refractivity contribution in [1.82, 2.24) is 9.55 Å². The Morgan fingerprint density at radius 3 is 2.57 bits per heavy atom. The molecule has 0 saturated carbocycles. The number of ether oxygens (including phenoxy) is 1. The van der Waals surface area contributed by atoms with E-state index < -0.39 is 0 Å². The van der Waals surface area contributed by atoms with E-state index in [1.165, 1.54) is 0 Å². The fourth-order valence-corrected chi connectivity index (χ4v) is 2.72. The molecule has 3 aromatic rings. The van der Waals surface area contributed by atoms with Crippen molar-refractivity contribution < 1.29 is 4.74 Å². The number of hydrogen-bond donors (Lipinski definition) is 0. The van der Waals surface area contributed by atoms with Gasteiger partial charge in [-0.15, -0.1) is 11.6 Å². The third kappa shape index (κ3) is 2.85. The highest BCUT2D eigenvalue weighted by atomic mass is 35.5. The van der Waals surface area contributed by atoms with E-state index in [1.807, 2.05) is 42.5 Å². The first-order valence-corrected chi connectivity index (χ1v) is 7.46. The predicted molar refractivity (Wildman–Crippen MR) is 86.4 cm³/mol. The van der Waals surface area contributed by atoms with E-state index in [0.29, 0.717) is 17.4 Å². The number of methoxy groups -OCH3 is 1. The first-order valence-electron chi connectivity index (χ1n) is 6.55. The van der Waals surface area contributed by atoms with Gasteiger partial charge in [0.2, 0.25) is 0 Å². The van der Waals surface area contributed by atoms with Gasteiger partial charge < -0.3 is 9.30 Å². The molecule has 3 nitrogen and oxygen atoms in total. The maximum absolute atomic E-state index is 6.02. The fraction of sp³-hybridized carbons (Fsp3) is 0.188. The Bertz CT molecular complexity index is 766. The van der Waals surface area contributed by atoms with Crippen LogP contribution in [0.1, 0.15) is 11.4 Å². The summed E-state index contributed by atoms with van der Waals surface area (Å²) in [5.74, 6) is 2.05. The summed E-state index contributed by atoms with van der Waals surface area (Å²) in [6, 6.07) is 13.7. The van der Waals surface area contributed by atoms with Gasteiger partial charge in [-0.1, -0.05) is 23.7 Å². The summed E-state index contributed by atoms with van der Waals surface area (Å²) >= 11 is 12.0. The molecule has 0 N–H and O–H groups in total. The second-order valence-electron chi connectivity index (χ2n) is 4.73. The van der Waals surface area contributed by atoms with E-state index in [-0.39, 0.29) is 0 Å². The molecule has 0 atom stereocenters. The Morgan fingerprint density at radius 2 is 1.90 bits per heavy atom. The first kappa shape index (κ1) is 14.2. The minimum atomic E-state index is 0.364. The van der Waals surface area contributed by atoms with Crippen LogP contribution < -0.4 is 4.74 Å². The van der Waals surface area contributed by atoms with Crippen LogP contribution in [0, 0.1) is 0 Å². The SMILES string of the molecule is COc1ccc(Cn2c(CCl)nc3cc(Cl)ccc32)cc1. The van der Waals surface area contributed by atoms with Gasteiger partial charge in [0.1, 0.15) is 11.6 Å². The Hall–Kier alpha value is -1.71. The number of aromatic nitrogens is 2. The molecule has 21 heavy (non-hydrogen) atoms. The molecule has 0 aliphatic carbocycles. The van der Waals surface area contributed by atoms with Crippen molar-refractivity contribution in [2.24, 2.45) is 0 Å². The number of hydrogen-bond acceptors (Lipinski definition) is 2. The third-order valence-electron chi connectivity index (χ3n) is 3.41. The number of halogens is 2. The smallest absolute Gasteiger partial charge is 0.125 e. The van der Waals surface area contributed by atoms with Crippen LogP contribution in [0.15, 0.2) is 42.5 Å². The zero-order chi connectivity index (χ0) is 14.8. The number of rotatable bonds is 4. The molecule has 0 fully saturated rings. The molecule has 0 unspecified atom stereocenters. The molecule has 0 radical (unpaired) electrons. The van der Waals surface area contributed by atoms with Gasteiger partial charge in [0.05, 0.1) is 24.0 Å². The van der Waals surface area contributed by atoms with Crippen LogP contribution in [0.5, 0.6) is 5.75 Å². The number of benzene rings is 2. The lowest BCUT2D eigenvalue weighted by Gasteiger charge is -2.08. The largest absolute Gasteiger partial charge is 0.497 e. The van der Waals surface area contributed by atoms with Crippen LogP contribution in [-0.4, -0.2) is 16.7 Å². The summed E-state index contributed by atoms with van der Waals surface area (Å²) < 4.78 is 7.29. The highest BCUT2D eigenvalue weighted by Crippen LogP contribution is 2.23. The minimum Gasteiger partial charge on any atom is -0.497 e. The van der Waals surface area contributed by atoms with E-state index >= 15 is 0 Å². The summed E-state index contributed by atoms with van der Waals surface area (Å²) in [6.07, 6.45) is 0. The zero-order valence-electron chi connectivity index (χ0n) is 11.5. The van der Waals surface area contributed by atoms with E-state index in [4.69, 9.17) is 27.9 Å². The van der Waals surface area contributed by atoms with Gasteiger partial charge in [0, 0.05) is 11.6 Å². The maximum Gasteiger partial charge on any atom is 0.125 e. The predicted octanol–water partition coefficient (Wildman–Crippen LogP) is 4.49. The van der Waals surface area contributed by atoms with Crippen molar-refractivity contribution in [3.8, 4) is 5.75 Å². The molecule has 108 valence electrons. The van der Waals surface area contributed by atoms with Gasteiger partial charge in [0.15, 0.2) is 0 Å². The molecule has 1 aromatic heterocycles. The van der Waals surface area contributed by atoms with E-state index in [9.17, 15) is 0 Å². The Morgan fingerprint density at radius 1 is 1.14 bits per heavy atom. The highest BCUT2D eigenvalue weighted by Gasteiger charge is 2.10. The molecule has 0 bridgehead atoms. The summed E-state index contributed by atoms with van der Waals surface area (Å²) in [5, 5.41) is 0.678.